The number of thioether (sulfide) groups is 1. The molecule has 0 aromatic carbocycles. The maximum atomic E-state index is 11.2. The van der Waals surface area contributed by atoms with Crippen LogP contribution in [0, 0.1) is 0 Å². The molecule has 0 saturated carbocycles. The molecule has 0 rings (SSSR count). The Balaban J connectivity index is 3.88. The van der Waals surface area contributed by atoms with Gasteiger partial charge >= 0.3 is 5.97 Å². The molecule has 2 N–H and O–H groups in total. The number of nitrogens with one attached hydrogen (secondary N) is 1. The molecule has 1 atom stereocenters. The zero-order valence-corrected chi connectivity index (χ0v) is 11.5. The Kier molecular flexibility index (Phi) is 8.76. The summed E-state index contributed by atoms with van der Waals surface area (Å²) in [5.74, 6) is 1.55. The highest BCUT2D eigenvalue weighted by atomic mass is 32.2. The van der Waals surface area contributed by atoms with E-state index in [-0.39, 0.29) is 0 Å². The van der Waals surface area contributed by atoms with Gasteiger partial charge in [0.15, 0.2) is 0 Å². The van der Waals surface area contributed by atoms with E-state index in [9.17, 15) is 9.90 Å². The predicted molar refractivity (Wildman–Crippen MR) is 71.2 cm³/mol. The van der Waals surface area contributed by atoms with Gasteiger partial charge in [0.1, 0.15) is 5.54 Å². The van der Waals surface area contributed by atoms with Crippen molar-refractivity contribution in [3.63, 3.8) is 0 Å². The fraction of sp³-hybridized carbons (Fsp3) is 0.917. The molecule has 0 bridgehead atoms. The first kappa shape index (κ1) is 15.8. The number of hydrogen-bond donors (Lipinski definition) is 2. The van der Waals surface area contributed by atoms with Crippen molar-refractivity contribution in [1.82, 2.24) is 5.32 Å². The Morgan fingerprint density at radius 1 is 1.38 bits per heavy atom. The molecule has 0 fully saturated rings. The van der Waals surface area contributed by atoms with Crippen molar-refractivity contribution in [2.75, 3.05) is 18.1 Å². The minimum atomic E-state index is -0.743. The first-order valence-corrected chi connectivity index (χ1v) is 7.28. The van der Waals surface area contributed by atoms with Gasteiger partial charge in [-0.2, -0.15) is 11.8 Å². The molecule has 0 aromatic heterocycles. The first-order chi connectivity index (χ1) is 7.56. The van der Waals surface area contributed by atoms with Gasteiger partial charge in [-0.1, -0.05) is 20.3 Å². The van der Waals surface area contributed by atoms with E-state index in [1.165, 1.54) is 0 Å². The number of carboxylic acid groups (broad SMARTS) is 1. The van der Waals surface area contributed by atoms with Crippen molar-refractivity contribution < 1.29 is 9.90 Å². The third-order valence-electron chi connectivity index (χ3n) is 2.66. The van der Waals surface area contributed by atoms with Crippen LogP contribution in [0.4, 0.5) is 0 Å². The van der Waals surface area contributed by atoms with Crippen LogP contribution >= 0.6 is 11.8 Å². The lowest BCUT2D eigenvalue weighted by Crippen LogP contribution is -2.49. The summed E-state index contributed by atoms with van der Waals surface area (Å²) < 4.78 is 0. The standard InChI is InChI=1S/C12H25NO2S/c1-4-9-13-12(3,11(14)15)8-6-7-10-16-5-2/h13H,4-10H2,1-3H3,(H,14,15). The van der Waals surface area contributed by atoms with Crippen LogP contribution < -0.4 is 5.32 Å². The molecule has 1 unspecified atom stereocenters. The van der Waals surface area contributed by atoms with Gasteiger partial charge in [0.25, 0.3) is 0 Å². The molecule has 3 nitrogen and oxygen atoms in total. The van der Waals surface area contributed by atoms with Gasteiger partial charge in [0.05, 0.1) is 0 Å². The fourth-order valence-corrected chi connectivity index (χ4v) is 2.20. The topological polar surface area (TPSA) is 49.3 Å². The highest BCUT2D eigenvalue weighted by molar-refractivity contribution is 7.99. The fourth-order valence-electron chi connectivity index (χ4n) is 1.50. The summed E-state index contributed by atoms with van der Waals surface area (Å²) in [6.45, 7) is 6.76. The smallest absolute Gasteiger partial charge is 0.323 e. The van der Waals surface area contributed by atoms with Gasteiger partial charge in [0, 0.05) is 0 Å². The van der Waals surface area contributed by atoms with Crippen LogP contribution in [0.5, 0.6) is 0 Å². The number of aliphatic carboxylic acids is 1. The van der Waals surface area contributed by atoms with Crippen molar-refractivity contribution >= 4 is 17.7 Å². The molecule has 4 heteroatoms. The highest BCUT2D eigenvalue weighted by Gasteiger charge is 2.31. The maximum Gasteiger partial charge on any atom is 0.323 e. The molecule has 0 aromatic rings. The van der Waals surface area contributed by atoms with Gasteiger partial charge in [-0.3, -0.25) is 4.79 Å². The zero-order chi connectivity index (χ0) is 12.4. The average Bonchev–Trinajstić information content (AvgIpc) is 2.26. The molecule has 0 amide bonds. The molecule has 0 heterocycles. The Labute approximate surface area is 103 Å². The molecular formula is C12H25NO2S. The number of carbonyl (C=O) groups is 1. The SMILES string of the molecule is CCCNC(C)(CCCCSCC)C(=O)O. The first-order valence-electron chi connectivity index (χ1n) is 6.13. The molecule has 16 heavy (non-hydrogen) atoms. The summed E-state index contributed by atoms with van der Waals surface area (Å²) in [4.78, 5) is 11.2. The molecule has 0 aliphatic heterocycles. The summed E-state index contributed by atoms with van der Waals surface area (Å²) in [5.41, 5.74) is -0.743. The van der Waals surface area contributed by atoms with Gasteiger partial charge in [-0.05, 0) is 44.2 Å². The minimum absolute atomic E-state index is 0.715. The third kappa shape index (κ3) is 6.38. The number of carboxylic acids is 1. The Morgan fingerprint density at radius 2 is 2.06 bits per heavy atom. The van der Waals surface area contributed by atoms with Crippen LogP contribution in [0.3, 0.4) is 0 Å². The van der Waals surface area contributed by atoms with E-state index >= 15 is 0 Å². The second-order valence-electron chi connectivity index (χ2n) is 4.22. The second-order valence-corrected chi connectivity index (χ2v) is 5.61. The maximum absolute atomic E-state index is 11.2. The van der Waals surface area contributed by atoms with Crippen LogP contribution in [0.25, 0.3) is 0 Å². The van der Waals surface area contributed by atoms with Crippen molar-refractivity contribution in [2.45, 2.75) is 52.0 Å². The monoisotopic (exact) mass is 247 g/mol. The summed E-state index contributed by atoms with van der Waals surface area (Å²) in [5, 5.41) is 12.3. The van der Waals surface area contributed by atoms with Gasteiger partial charge in [0.2, 0.25) is 0 Å². The van der Waals surface area contributed by atoms with Gasteiger partial charge in [-0.25, -0.2) is 0 Å². The Bertz CT molecular complexity index is 199. The lowest BCUT2D eigenvalue weighted by atomic mass is 9.95. The number of rotatable bonds is 10. The summed E-state index contributed by atoms with van der Waals surface area (Å²) in [6, 6.07) is 0. The molecule has 0 aliphatic rings. The molecule has 0 spiro atoms. The highest BCUT2D eigenvalue weighted by Crippen LogP contribution is 2.16. The van der Waals surface area contributed by atoms with E-state index in [2.05, 4.69) is 12.2 Å². The minimum Gasteiger partial charge on any atom is -0.480 e. The van der Waals surface area contributed by atoms with E-state index in [0.717, 1.165) is 37.3 Å². The van der Waals surface area contributed by atoms with Crippen LogP contribution in [-0.2, 0) is 4.79 Å². The average molecular weight is 247 g/mol. The van der Waals surface area contributed by atoms with Crippen LogP contribution in [0.1, 0.15) is 46.5 Å². The van der Waals surface area contributed by atoms with Crippen molar-refractivity contribution in [2.24, 2.45) is 0 Å². The Hall–Kier alpha value is -0.220. The quantitative estimate of drug-likeness (QED) is 0.583. The van der Waals surface area contributed by atoms with Crippen molar-refractivity contribution in [1.29, 1.82) is 0 Å². The van der Waals surface area contributed by atoms with Crippen LogP contribution in [-0.4, -0.2) is 34.7 Å². The second kappa shape index (κ2) is 8.88. The summed E-state index contributed by atoms with van der Waals surface area (Å²) in [6.07, 6.45) is 3.77. The third-order valence-corrected chi connectivity index (χ3v) is 3.64. The zero-order valence-electron chi connectivity index (χ0n) is 10.7. The van der Waals surface area contributed by atoms with E-state index in [1.807, 2.05) is 18.7 Å². The van der Waals surface area contributed by atoms with E-state index in [4.69, 9.17) is 0 Å². The molecule has 0 radical (unpaired) electrons. The van der Waals surface area contributed by atoms with E-state index < -0.39 is 11.5 Å². The molecule has 0 aliphatic carbocycles. The van der Waals surface area contributed by atoms with Gasteiger partial charge in [-0.15, -0.1) is 0 Å². The summed E-state index contributed by atoms with van der Waals surface area (Å²) >= 11 is 1.92. The lowest BCUT2D eigenvalue weighted by molar-refractivity contribution is -0.144. The number of unbranched alkanes of at least 4 members (excludes halogenated alkanes) is 1. The lowest BCUT2D eigenvalue weighted by Gasteiger charge is -2.26. The predicted octanol–water partition coefficient (Wildman–Crippen LogP) is 2.75. The largest absolute Gasteiger partial charge is 0.480 e. The van der Waals surface area contributed by atoms with E-state index in [0.29, 0.717) is 6.42 Å². The van der Waals surface area contributed by atoms with Crippen molar-refractivity contribution in [3.05, 3.63) is 0 Å². The van der Waals surface area contributed by atoms with Crippen molar-refractivity contribution in [3.8, 4) is 0 Å². The van der Waals surface area contributed by atoms with E-state index in [1.54, 1.807) is 6.92 Å². The molecular weight excluding hydrogens is 222 g/mol. The van der Waals surface area contributed by atoms with Crippen LogP contribution in [0.2, 0.25) is 0 Å². The number of hydrogen-bond acceptors (Lipinski definition) is 3. The molecule has 0 saturated heterocycles. The Morgan fingerprint density at radius 3 is 2.56 bits per heavy atom. The van der Waals surface area contributed by atoms with Crippen LogP contribution in [0.15, 0.2) is 0 Å². The summed E-state index contributed by atoms with van der Waals surface area (Å²) in [7, 11) is 0. The normalized spacial score (nSPS) is 14.7. The molecule has 96 valence electrons. The van der Waals surface area contributed by atoms with Gasteiger partial charge < -0.3 is 10.4 Å².